The molecule has 0 amide bonds. The van der Waals surface area contributed by atoms with Crippen molar-refractivity contribution in [2.45, 2.75) is 37.8 Å². The second kappa shape index (κ2) is 4.12. The Morgan fingerprint density at radius 1 is 1.12 bits per heavy atom. The Morgan fingerprint density at radius 3 is 2.12 bits per heavy atom. The average Bonchev–Trinajstić information content (AvgIpc) is 2.98. The summed E-state index contributed by atoms with van der Waals surface area (Å²) < 4.78 is 0. The van der Waals surface area contributed by atoms with Crippen LogP contribution in [-0.4, -0.2) is 22.0 Å². The standard InChI is InChI=1S/C14H14N2S/c15-9-10-1-3-11(4-2-10)14(17)16-12-5-6-13(16)8-7-12/h1-4,12-13H,5-8H2. The van der Waals surface area contributed by atoms with Crippen molar-refractivity contribution in [2.24, 2.45) is 0 Å². The molecule has 0 radical (unpaired) electrons. The quantitative estimate of drug-likeness (QED) is 0.709. The van der Waals surface area contributed by atoms with Gasteiger partial charge in [-0.3, -0.25) is 0 Å². The minimum absolute atomic E-state index is 0.670. The summed E-state index contributed by atoms with van der Waals surface area (Å²) in [4.78, 5) is 3.40. The average molecular weight is 242 g/mol. The van der Waals surface area contributed by atoms with Crippen LogP contribution in [0.2, 0.25) is 0 Å². The second-order valence-corrected chi connectivity index (χ2v) is 5.25. The van der Waals surface area contributed by atoms with Crippen LogP contribution in [0.1, 0.15) is 36.8 Å². The molecule has 2 bridgehead atoms. The Kier molecular flexibility index (Phi) is 2.60. The van der Waals surface area contributed by atoms with Crippen LogP contribution in [0.15, 0.2) is 24.3 Å². The topological polar surface area (TPSA) is 27.0 Å². The van der Waals surface area contributed by atoms with Gasteiger partial charge in [0.1, 0.15) is 4.99 Å². The lowest BCUT2D eigenvalue weighted by atomic mass is 10.0. The molecule has 2 nitrogen and oxygen atoms in total. The van der Waals surface area contributed by atoms with E-state index in [4.69, 9.17) is 17.5 Å². The molecule has 1 aromatic carbocycles. The summed E-state index contributed by atoms with van der Waals surface area (Å²) in [7, 11) is 0. The van der Waals surface area contributed by atoms with Crippen molar-refractivity contribution in [3.05, 3.63) is 35.4 Å². The molecule has 3 rings (SSSR count). The maximum atomic E-state index is 8.78. The molecule has 1 aromatic rings. The molecule has 0 N–H and O–H groups in total. The van der Waals surface area contributed by atoms with Crippen LogP contribution in [-0.2, 0) is 0 Å². The molecule has 0 spiro atoms. The number of rotatable bonds is 1. The van der Waals surface area contributed by atoms with E-state index < -0.39 is 0 Å². The van der Waals surface area contributed by atoms with Crippen molar-refractivity contribution < 1.29 is 0 Å². The second-order valence-electron chi connectivity index (χ2n) is 4.86. The summed E-state index contributed by atoms with van der Waals surface area (Å²) >= 11 is 5.60. The number of thiocarbonyl (C=S) groups is 1. The van der Waals surface area contributed by atoms with Crippen LogP contribution in [0.3, 0.4) is 0 Å². The predicted octanol–water partition coefficient (Wildman–Crippen LogP) is 2.86. The number of hydrogen-bond acceptors (Lipinski definition) is 2. The molecule has 86 valence electrons. The fraction of sp³-hybridized carbons (Fsp3) is 0.429. The van der Waals surface area contributed by atoms with Gasteiger partial charge < -0.3 is 4.90 Å². The number of hydrogen-bond donors (Lipinski definition) is 0. The summed E-state index contributed by atoms with van der Waals surface area (Å²) in [6, 6.07) is 11.1. The van der Waals surface area contributed by atoms with E-state index in [9.17, 15) is 0 Å². The van der Waals surface area contributed by atoms with Crippen LogP contribution in [0, 0.1) is 11.3 Å². The van der Waals surface area contributed by atoms with Gasteiger partial charge >= 0.3 is 0 Å². The molecule has 2 saturated heterocycles. The van der Waals surface area contributed by atoms with E-state index in [0.717, 1.165) is 10.6 Å². The Hall–Kier alpha value is -1.40. The van der Waals surface area contributed by atoms with Crippen molar-refractivity contribution in [3.63, 3.8) is 0 Å². The normalized spacial score (nSPS) is 25.9. The van der Waals surface area contributed by atoms with Gasteiger partial charge in [-0.1, -0.05) is 24.4 Å². The van der Waals surface area contributed by atoms with E-state index >= 15 is 0 Å². The molecule has 0 unspecified atom stereocenters. The Labute approximate surface area is 107 Å². The monoisotopic (exact) mass is 242 g/mol. The molecular formula is C14H14N2S. The maximum absolute atomic E-state index is 8.78. The van der Waals surface area contributed by atoms with Crippen LogP contribution < -0.4 is 0 Å². The maximum Gasteiger partial charge on any atom is 0.109 e. The fourth-order valence-electron chi connectivity index (χ4n) is 3.08. The van der Waals surface area contributed by atoms with Crippen molar-refractivity contribution in [1.82, 2.24) is 4.90 Å². The molecule has 3 heteroatoms. The lowest BCUT2D eigenvalue weighted by molar-refractivity contribution is 0.407. The molecular weight excluding hydrogens is 228 g/mol. The van der Waals surface area contributed by atoms with Gasteiger partial charge in [0.25, 0.3) is 0 Å². The summed E-state index contributed by atoms with van der Waals surface area (Å²) in [5, 5.41) is 8.78. The fourth-order valence-corrected chi connectivity index (χ4v) is 3.51. The van der Waals surface area contributed by atoms with E-state index in [1.54, 1.807) is 0 Å². The Bertz CT molecular complexity index is 466. The number of benzene rings is 1. The van der Waals surface area contributed by atoms with Gasteiger partial charge in [-0.15, -0.1) is 0 Å². The zero-order valence-corrected chi connectivity index (χ0v) is 10.4. The minimum atomic E-state index is 0.670. The third-order valence-corrected chi connectivity index (χ3v) is 4.39. The zero-order chi connectivity index (χ0) is 11.8. The predicted molar refractivity (Wildman–Crippen MR) is 70.7 cm³/mol. The van der Waals surface area contributed by atoms with Crippen molar-refractivity contribution in [3.8, 4) is 6.07 Å². The van der Waals surface area contributed by atoms with Crippen LogP contribution in [0.5, 0.6) is 0 Å². The molecule has 0 aromatic heterocycles. The number of nitriles is 1. The molecule has 0 saturated carbocycles. The lowest BCUT2D eigenvalue weighted by Gasteiger charge is -2.25. The highest BCUT2D eigenvalue weighted by molar-refractivity contribution is 7.80. The smallest absolute Gasteiger partial charge is 0.109 e. The zero-order valence-electron chi connectivity index (χ0n) is 9.60. The highest BCUT2D eigenvalue weighted by Crippen LogP contribution is 2.38. The third kappa shape index (κ3) is 1.73. The van der Waals surface area contributed by atoms with Gasteiger partial charge in [-0.25, -0.2) is 0 Å². The SMILES string of the molecule is N#Cc1ccc(C(=S)N2C3CCC2CC3)cc1. The first-order valence-electron chi connectivity index (χ1n) is 6.12. The first-order valence-corrected chi connectivity index (χ1v) is 6.53. The van der Waals surface area contributed by atoms with Gasteiger partial charge in [0.2, 0.25) is 0 Å². The summed E-state index contributed by atoms with van der Waals surface area (Å²) in [5.41, 5.74) is 1.78. The first-order chi connectivity index (χ1) is 8.29. The summed E-state index contributed by atoms with van der Waals surface area (Å²) in [6.07, 6.45) is 5.17. The van der Waals surface area contributed by atoms with Gasteiger partial charge in [-0.05, 0) is 37.8 Å². The molecule has 2 aliphatic rings. The van der Waals surface area contributed by atoms with E-state index in [0.29, 0.717) is 17.6 Å². The minimum Gasteiger partial charge on any atom is -0.356 e. The van der Waals surface area contributed by atoms with Crippen molar-refractivity contribution in [2.75, 3.05) is 0 Å². The van der Waals surface area contributed by atoms with E-state index in [1.165, 1.54) is 25.7 Å². The van der Waals surface area contributed by atoms with Gasteiger partial charge in [0, 0.05) is 17.6 Å². The molecule has 2 aliphatic heterocycles. The lowest BCUT2D eigenvalue weighted by Crippen LogP contribution is -2.34. The Balaban J connectivity index is 1.84. The van der Waals surface area contributed by atoms with E-state index in [1.807, 2.05) is 24.3 Å². The molecule has 2 heterocycles. The molecule has 2 fully saturated rings. The number of fused-ring (bicyclic) bond motifs is 2. The summed E-state index contributed by atoms with van der Waals surface area (Å²) in [6.45, 7) is 0. The summed E-state index contributed by atoms with van der Waals surface area (Å²) in [5.74, 6) is 0. The molecule has 17 heavy (non-hydrogen) atoms. The number of nitrogens with zero attached hydrogens (tertiary/aromatic N) is 2. The largest absolute Gasteiger partial charge is 0.356 e. The van der Waals surface area contributed by atoms with Crippen molar-refractivity contribution >= 4 is 17.2 Å². The van der Waals surface area contributed by atoms with Crippen LogP contribution in [0.25, 0.3) is 0 Å². The molecule has 0 atom stereocenters. The Morgan fingerprint density at radius 2 is 1.65 bits per heavy atom. The van der Waals surface area contributed by atoms with E-state index in [-0.39, 0.29) is 0 Å². The van der Waals surface area contributed by atoms with Gasteiger partial charge in [0.05, 0.1) is 11.6 Å². The van der Waals surface area contributed by atoms with Crippen LogP contribution in [0.4, 0.5) is 0 Å². The van der Waals surface area contributed by atoms with Crippen molar-refractivity contribution in [1.29, 1.82) is 5.26 Å². The highest BCUT2D eigenvalue weighted by atomic mass is 32.1. The highest BCUT2D eigenvalue weighted by Gasteiger charge is 2.40. The molecule has 0 aliphatic carbocycles. The van der Waals surface area contributed by atoms with Gasteiger partial charge in [0.15, 0.2) is 0 Å². The van der Waals surface area contributed by atoms with E-state index in [2.05, 4.69) is 11.0 Å². The van der Waals surface area contributed by atoms with Crippen LogP contribution >= 0.6 is 12.2 Å². The third-order valence-electron chi connectivity index (χ3n) is 3.95. The van der Waals surface area contributed by atoms with Gasteiger partial charge in [-0.2, -0.15) is 5.26 Å². The first kappa shape index (κ1) is 10.7.